The maximum Gasteiger partial charge on any atom is 0.331 e. The van der Waals surface area contributed by atoms with Gasteiger partial charge < -0.3 is 19.0 Å². The van der Waals surface area contributed by atoms with E-state index in [1.165, 1.54) is 6.08 Å². The molecule has 0 fully saturated rings. The molecule has 3 aromatic rings. The summed E-state index contributed by atoms with van der Waals surface area (Å²) in [7, 11) is 0. The molecule has 0 radical (unpaired) electrons. The highest BCUT2D eigenvalue weighted by Gasteiger charge is 2.12. The molecule has 156 valence electrons. The second-order valence-electron chi connectivity index (χ2n) is 7.13. The maximum absolute atomic E-state index is 12.0. The predicted octanol–water partition coefficient (Wildman–Crippen LogP) is 4.18. The summed E-state index contributed by atoms with van der Waals surface area (Å²) in [6.45, 7) is 6.18. The van der Waals surface area contributed by atoms with Crippen LogP contribution in [0.1, 0.15) is 41.2 Å². The van der Waals surface area contributed by atoms with E-state index < -0.39 is 5.97 Å². The Hall–Kier alpha value is -3.54. The lowest BCUT2D eigenvalue weighted by molar-refractivity contribution is -0.144. The summed E-state index contributed by atoms with van der Waals surface area (Å²) < 4.78 is 12.6. The zero-order chi connectivity index (χ0) is 21.5. The zero-order valence-electron chi connectivity index (χ0n) is 17.4. The van der Waals surface area contributed by atoms with Gasteiger partial charge in [-0.05, 0) is 56.2 Å². The molecule has 0 aliphatic carbocycles. The summed E-state index contributed by atoms with van der Waals surface area (Å²) in [5.41, 5.74) is 3.98. The Labute approximate surface area is 176 Å². The van der Waals surface area contributed by atoms with E-state index in [9.17, 15) is 9.59 Å². The molecule has 0 bridgehead atoms. The van der Waals surface area contributed by atoms with Crippen molar-refractivity contribution in [1.82, 2.24) is 9.88 Å². The molecule has 1 atom stereocenters. The van der Waals surface area contributed by atoms with Crippen LogP contribution in [0.2, 0.25) is 0 Å². The molecule has 0 aliphatic heterocycles. The number of aryl methyl sites for hydroxylation is 1. The highest BCUT2D eigenvalue weighted by molar-refractivity contribution is 5.89. The molecule has 2 aromatic heterocycles. The van der Waals surface area contributed by atoms with Crippen LogP contribution >= 0.6 is 0 Å². The molecule has 0 aliphatic rings. The summed E-state index contributed by atoms with van der Waals surface area (Å²) in [5.74, 6) is -0.0411. The summed E-state index contributed by atoms with van der Waals surface area (Å²) in [4.78, 5) is 24.1. The topological polar surface area (TPSA) is 73.5 Å². The van der Waals surface area contributed by atoms with Crippen LogP contribution in [0, 0.1) is 13.8 Å². The summed E-state index contributed by atoms with van der Waals surface area (Å²) in [6.07, 6.45) is 4.69. The van der Waals surface area contributed by atoms with Gasteiger partial charge in [-0.15, -0.1) is 0 Å². The van der Waals surface area contributed by atoms with Crippen LogP contribution in [0.25, 0.3) is 6.08 Å². The van der Waals surface area contributed by atoms with Gasteiger partial charge in [-0.3, -0.25) is 4.79 Å². The number of hydrogen-bond donors (Lipinski definition) is 1. The van der Waals surface area contributed by atoms with Gasteiger partial charge in [-0.1, -0.05) is 30.3 Å². The van der Waals surface area contributed by atoms with E-state index in [1.807, 2.05) is 69.3 Å². The van der Waals surface area contributed by atoms with E-state index >= 15 is 0 Å². The third-order valence-corrected chi connectivity index (χ3v) is 4.93. The normalized spacial score (nSPS) is 12.1. The number of benzene rings is 1. The number of rotatable bonds is 8. The lowest BCUT2D eigenvalue weighted by Crippen LogP contribution is -2.30. The monoisotopic (exact) mass is 406 g/mol. The van der Waals surface area contributed by atoms with Crippen molar-refractivity contribution in [3.05, 3.63) is 89.1 Å². The fraction of sp³-hybridized carbons (Fsp3) is 0.250. The average Bonchev–Trinajstić information content (AvgIpc) is 3.35. The van der Waals surface area contributed by atoms with Crippen LogP contribution in [0.4, 0.5) is 0 Å². The molecule has 3 rings (SSSR count). The van der Waals surface area contributed by atoms with E-state index in [0.29, 0.717) is 6.54 Å². The van der Waals surface area contributed by atoms with Crippen molar-refractivity contribution in [1.29, 1.82) is 0 Å². The van der Waals surface area contributed by atoms with Gasteiger partial charge in [-0.2, -0.15) is 0 Å². The van der Waals surface area contributed by atoms with E-state index in [0.717, 1.165) is 28.3 Å². The van der Waals surface area contributed by atoms with Crippen molar-refractivity contribution < 1.29 is 18.7 Å². The van der Waals surface area contributed by atoms with Gasteiger partial charge in [0.25, 0.3) is 5.91 Å². The van der Waals surface area contributed by atoms with Crippen molar-refractivity contribution in [2.75, 3.05) is 6.61 Å². The summed E-state index contributed by atoms with van der Waals surface area (Å²) in [6, 6.07) is 15.2. The quantitative estimate of drug-likeness (QED) is 0.450. The van der Waals surface area contributed by atoms with Crippen LogP contribution in [0.5, 0.6) is 0 Å². The second kappa shape index (κ2) is 9.78. The van der Waals surface area contributed by atoms with Gasteiger partial charge >= 0.3 is 5.97 Å². The Morgan fingerprint density at radius 2 is 1.93 bits per heavy atom. The van der Waals surface area contributed by atoms with Gasteiger partial charge in [0, 0.05) is 17.5 Å². The van der Waals surface area contributed by atoms with Crippen LogP contribution in [0.3, 0.4) is 0 Å². The Kier molecular flexibility index (Phi) is 6.91. The number of carbonyl (C=O) groups excluding carboxylic acids is 2. The first kappa shape index (κ1) is 21.2. The standard InChI is InChI=1S/C24H26N2O4/c1-17-14-21(19(3)26(17)15-22-10-7-13-29-22)11-12-24(28)30-16-23(27)25-18(2)20-8-5-4-6-9-20/h4-14,18H,15-16H2,1-3H3,(H,25,27)/b12-11+/t18-/m1/s1. The van der Waals surface area contributed by atoms with Crippen molar-refractivity contribution in [2.24, 2.45) is 0 Å². The lowest BCUT2D eigenvalue weighted by Gasteiger charge is -2.13. The fourth-order valence-electron chi connectivity index (χ4n) is 3.25. The number of nitrogens with one attached hydrogen (secondary N) is 1. The molecule has 0 spiro atoms. The Bertz CT molecular complexity index is 1020. The zero-order valence-corrected chi connectivity index (χ0v) is 17.4. The molecule has 1 N–H and O–H groups in total. The number of hydrogen-bond acceptors (Lipinski definition) is 4. The SMILES string of the molecule is Cc1cc(/C=C/C(=O)OCC(=O)N[C@H](C)c2ccccc2)c(C)n1Cc1ccco1. The molecular formula is C24H26N2O4. The number of aromatic nitrogens is 1. The van der Waals surface area contributed by atoms with Gasteiger partial charge in [0.1, 0.15) is 5.76 Å². The van der Waals surface area contributed by atoms with E-state index in [1.54, 1.807) is 12.3 Å². The number of amides is 1. The Balaban J connectivity index is 1.51. The third-order valence-electron chi connectivity index (χ3n) is 4.93. The first-order valence-corrected chi connectivity index (χ1v) is 9.82. The van der Waals surface area contributed by atoms with E-state index in [4.69, 9.17) is 9.15 Å². The smallest absolute Gasteiger partial charge is 0.331 e. The van der Waals surface area contributed by atoms with Gasteiger partial charge in [0.15, 0.2) is 6.61 Å². The number of nitrogens with zero attached hydrogens (tertiary/aromatic N) is 1. The summed E-state index contributed by atoms with van der Waals surface area (Å²) in [5, 5.41) is 2.81. The molecule has 2 heterocycles. The largest absolute Gasteiger partial charge is 0.467 e. The minimum atomic E-state index is -0.562. The molecule has 0 saturated heterocycles. The second-order valence-corrected chi connectivity index (χ2v) is 7.13. The van der Waals surface area contributed by atoms with E-state index in [-0.39, 0.29) is 18.6 Å². The molecular weight excluding hydrogens is 380 g/mol. The van der Waals surface area contributed by atoms with Crippen LogP contribution < -0.4 is 5.32 Å². The summed E-state index contributed by atoms with van der Waals surface area (Å²) >= 11 is 0. The number of ether oxygens (including phenoxy) is 1. The van der Waals surface area contributed by atoms with Crippen LogP contribution in [-0.2, 0) is 20.9 Å². The average molecular weight is 406 g/mol. The molecule has 30 heavy (non-hydrogen) atoms. The minimum absolute atomic E-state index is 0.160. The first-order valence-electron chi connectivity index (χ1n) is 9.82. The van der Waals surface area contributed by atoms with Crippen molar-refractivity contribution in [3.8, 4) is 0 Å². The molecule has 0 unspecified atom stereocenters. The molecule has 6 nitrogen and oxygen atoms in total. The van der Waals surface area contributed by atoms with Gasteiger partial charge in [0.2, 0.25) is 0 Å². The molecule has 1 aromatic carbocycles. The van der Waals surface area contributed by atoms with E-state index in [2.05, 4.69) is 9.88 Å². The first-order chi connectivity index (χ1) is 14.4. The number of furan rings is 1. The maximum atomic E-state index is 12.0. The van der Waals surface area contributed by atoms with Crippen molar-refractivity contribution in [3.63, 3.8) is 0 Å². The Morgan fingerprint density at radius 1 is 1.17 bits per heavy atom. The highest BCUT2D eigenvalue weighted by Crippen LogP contribution is 2.18. The third kappa shape index (κ3) is 5.50. The van der Waals surface area contributed by atoms with Crippen molar-refractivity contribution >= 4 is 18.0 Å². The fourth-order valence-corrected chi connectivity index (χ4v) is 3.25. The minimum Gasteiger partial charge on any atom is -0.467 e. The van der Waals surface area contributed by atoms with Crippen LogP contribution in [0.15, 0.2) is 65.3 Å². The van der Waals surface area contributed by atoms with Crippen LogP contribution in [-0.4, -0.2) is 23.1 Å². The molecule has 1 amide bonds. The lowest BCUT2D eigenvalue weighted by atomic mass is 10.1. The predicted molar refractivity (Wildman–Crippen MR) is 115 cm³/mol. The van der Waals surface area contributed by atoms with Gasteiger partial charge in [-0.25, -0.2) is 4.79 Å². The molecule has 0 saturated carbocycles. The molecule has 6 heteroatoms. The van der Waals surface area contributed by atoms with Crippen molar-refractivity contribution in [2.45, 2.75) is 33.4 Å². The Morgan fingerprint density at radius 3 is 2.63 bits per heavy atom. The van der Waals surface area contributed by atoms with Gasteiger partial charge in [0.05, 0.1) is 18.8 Å². The number of carbonyl (C=O) groups is 2. The highest BCUT2D eigenvalue weighted by atomic mass is 16.5. The number of esters is 1.